The Bertz CT molecular complexity index is 1430. The largest absolute Gasteiger partial charge is 0.347 e. The third-order valence-electron chi connectivity index (χ3n) is 8.28. The molecule has 2 saturated carbocycles. The average molecular weight is 581 g/mol. The molecule has 37 heavy (non-hydrogen) atoms. The van der Waals surface area contributed by atoms with Crippen molar-refractivity contribution in [3.63, 3.8) is 0 Å². The molecule has 2 aliphatic carbocycles. The summed E-state index contributed by atoms with van der Waals surface area (Å²) in [6, 6.07) is 11.6. The molecule has 0 aromatic heterocycles. The zero-order chi connectivity index (χ0) is 26.8. The first-order valence-electron chi connectivity index (χ1n) is 12.2. The van der Waals surface area contributed by atoms with Gasteiger partial charge < -0.3 is 5.32 Å². The highest BCUT2D eigenvalue weighted by Gasteiger charge is 2.59. The summed E-state index contributed by atoms with van der Waals surface area (Å²) in [4.78, 5) is 13.5. The number of carbonyl (C=O) groups is 1. The number of hydrogen-bond donors (Lipinski definition) is 1. The third kappa shape index (κ3) is 4.80. The van der Waals surface area contributed by atoms with Crippen LogP contribution in [0.1, 0.15) is 51.2 Å². The Morgan fingerprint density at radius 3 is 2.38 bits per heavy atom. The van der Waals surface area contributed by atoms with Crippen LogP contribution in [-0.4, -0.2) is 30.4 Å². The SMILES string of the molecule is CC1(C)C(NC(=O)C2=NS(=O)(=O)N(Cc3ccc(Cl)cc3Cl)C(c3ccc(Cl)cc3)=C2)[C@@]2(C)CC[C@H]1C2. The minimum Gasteiger partial charge on any atom is -0.347 e. The van der Waals surface area contributed by atoms with Gasteiger partial charge in [-0.25, -0.2) is 4.31 Å². The molecular weight excluding hydrogens is 553 g/mol. The molecule has 2 aromatic carbocycles. The van der Waals surface area contributed by atoms with Crippen LogP contribution in [0, 0.1) is 16.7 Å². The van der Waals surface area contributed by atoms with E-state index in [0.29, 0.717) is 37.8 Å². The van der Waals surface area contributed by atoms with E-state index in [-0.39, 0.29) is 29.1 Å². The van der Waals surface area contributed by atoms with Gasteiger partial charge in [-0.05, 0) is 77.5 Å². The van der Waals surface area contributed by atoms with Crippen molar-refractivity contribution < 1.29 is 13.2 Å². The quantitative estimate of drug-likeness (QED) is 0.437. The molecule has 1 heterocycles. The van der Waals surface area contributed by atoms with Crippen LogP contribution in [0.5, 0.6) is 0 Å². The van der Waals surface area contributed by atoms with E-state index in [1.807, 2.05) is 0 Å². The van der Waals surface area contributed by atoms with E-state index < -0.39 is 16.1 Å². The standard InChI is InChI=1S/C27H28Cl3N3O3S/c1-26(2)18-10-11-27(3,14-18)25(26)31-24(34)22-13-23(16-4-7-19(28)8-5-16)33(37(35,36)32-22)15-17-6-9-20(29)12-21(17)30/h4-9,12-13,18,25H,10-11,14-15H2,1-3H3,(H,31,34)/t18-,25?,27-/m0/s1. The van der Waals surface area contributed by atoms with Gasteiger partial charge in [0.15, 0.2) is 0 Å². The lowest BCUT2D eigenvalue weighted by atomic mass is 9.68. The Morgan fingerprint density at radius 2 is 1.76 bits per heavy atom. The van der Waals surface area contributed by atoms with Crippen LogP contribution in [0.2, 0.25) is 15.1 Å². The summed E-state index contributed by atoms with van der Waals surface area (Å²) in [5, 5.41) is 4.44. The summed E-state index contributed by atoms with van der Waals surface area (Å²) < 4.78 is 32.1. The van der Waals surface area contributed by atoms with E-state index in [1.165, 1.54) is 6.08 Å². The molecule has 3 aliphatic rings. The van der Waals surface area contributed by atoms with Gasteiger partial charge in [-0.1, -0.05) is 73.8 Å². The number of carbonyl (C=O) groups excluding carboxylic acids is 1. The predicted molar refractivity (Wildman–Crippen MR) is 149 cm³/mol. The van der Waals surface area contributed by atoms with Gasteiger partial charge in [0.05, 0.1) is 12.2 Å². The topological polar surface area (TPSA) is 78.8 Å². The number of halogens is 3. The predicted octanol–water partition coefficient (Wildman–Crippen LogP) is 6.52. The number of amides is 1. The van der Waals surface area contributed by atoms with Gasteiger partial charge in [-0.3, -0.25) is 4.79 Å². The molecule has 0 saturated heterocycles. The molecule has 0 spiro atoms. The van der Waals surface area contributed by atoms with Crippen LogP contribution in [0.3, 0.4) is 0 Å². The molecule has 1 aliphatic heterocycles. The number of rotatable bonds is 5. The third-order valence-corrected chi connectivity index (χ3v) is 10.4. The molecular formula is C27H28Cl3N3O3S. The zero-order valence-electron chi connectivity index (χ0n) is 20.8. The van der Waals surface area contributed by atoms with E-state index in [1.54, 1.807) is 42.5 Å². The minimum absolute atomic E-state index is 0.0159. The maximum atomic E-state index is 13.5. The molecule has 6 nitrogen and oxygen atoms in total. The maximum absolute atomic E-state index is 13.5. The van der Waals surface area contributed by atoms with Crippen molar-refractivity contribution in [1.82, 2.24) is 9.62 Å². The van der Waals surface area contributed by atoms with Crippen molar-refractivity contribution in [1.29, 1.82) is 0 Å². The summed E-state index contributed by atoms with van der Waals surface area (Å²) in [5.41, 5.74) is 1.18. The fourth-order valence-electron chi connectivity index (χ4n) is 6.32. The molecule has 1 amide bonds. The summed E-state index contributed by atoms with van der Waals surface area (Å²) in [5.74, 6) is 0.0330. The lowest BCUT2D eigenvalue weighted by molar-refractivity contribution is -0.117. The Hall–Kier alpha value is -2.06. The van der Waals surface area contributed by atoms with Gasteiger partial charge >= 0.3 is 10.2 Å². The van der Waals surface area contributed by atoms with Crippen molar-refractivity contribution in [3.8, 4) is 0 Å². The van der Waals surface area contributed by atoms with Crippen molar-refractivity contribution in [2.45, 2.75) is 52.6 Å². The van der Waals surface area contributed by atoms with Gasteiger partial charge in [0, 0.05) is 21.1 Å². The van der Waals surface area contributed by atoms with E-state index in [0.717, 1.165) is 23.6 Å². The van der Waals surface area contributed by atoms with Crippen LogP contribution < -0.4 is 5.32 Å². The van der Waals surface area contributed by atoms with Gasteiger partial charge in [-0.15, -0.1) is 4.40 Å². The maximum Gasteiger partial charge on any atom is 0.345 e. The lowest BCUT2D eigenvalue weighted by Gasteiger charge is -2.43. The van der Waals surface area contributed by atoms with Crippen LogP contribution in [-0.2, 0) is 21.5 Å². The Morgan fingerprint density at radius 1 is 1.08 bits per heavy atom. The van der Waals surface area contributed by atoms with E-state index >= 15 is 0 Å². The highest BCUT2D eigenvalue weighted by Crippen LogP contribution is 2.62. The second kappa shape index (κ2) is 9.30. The second-order valence-electron chi connectivity index (χ2n) is 11.1. The van der Waals surface area contributed by atoms with Gasteiger partial charge in [0.2, 0.25) is 0 Å². The first-order chi connectivity index (χ1) is 17.3. The normalized spacial score (nSPS) is 27.6. The number of nitrogens with one attached hydrogen (secondary N) is 1. The smallest absolute Gasteiger partial charge is 0.345 e. The van der Waals surface area contributed by atoms with Crippen molar-refractivity contribution in [3.05, 3.63) is 74.7 Å². The highest BCUT2D eigenvalue weighted by molar-refractivity contribution is 7.88. The second-order valence-corrected chi connectivity index (χ2v) is 13.9. The number of fused-ring (bicyclic) bond motifs is 2. The molecule has 1 unspecified atom stereocenters. The lowest BCUT2D eigenvalue weighted by Crippen LogP contribution is -2.54. The highest BCUT2D eigenvalue weighted by atomic mass is 35.5. The van der Waals surface area contributed by atoms with E-state index in [4.69, 9.17) is 34.8 Å². The van der Waals surface area contributed by atoms with Crippen LogP contribution in [0.15, 0.2) is 52.9 Å². The summed E-state index contributed by atoms with van der Waals surface area (Å²) in [7, 11) is -4.27. The van der Waals surface area contributed by atoms with Crippen LogP contribution in [0.4, 0.5) is 0 Å². The van der Waals surface area contributed by atoms with E-state index in [2.05, 4.69) is 30.5 Å². The number of hydrogen-bond acceptors (Lipinski definition) is 3. The molecule has 196 valence electrons. The van der Waals surface area contributed by atoms with Gasteiger partial charge in [0.1, 0.15) is 5.71 Å². The molecule has 3 atom stereocenters. The van der Waals surface area contributed by atoms with Crippen molar-refractivity contribution >= 4 is 62.3 Å². The van der Waals surface area contributed by atoms with Gasteiger partial charge in [-0.2, -0.15) is 8.42 Å². The zero-order valence-corrected chi connectivity index (χ0v) is 23.8. The Balaban J connectivity index is 1.52. The van der Waals surface area contributed by atoms with Gasteiger partial charge in [0.25, 0.3) is 5.91 Å². The van der Waals surface area contributed by atoms with E-state index in [9.17, 15) is 13.2 Å². The Labute approximate surface area is 232 Å². The minimum atomic E-state index is -4.27. The molecule has 0 radical (unpaired) electrons. The number of benzene rings is 2. The van der Waals surface area contributed by atoms with Crippen molar-refractivity contribution in [2.75, 3.05) is 0 Å². The summed E-state index contributed by atoms with van der Waals surface area (Å²) in [6.45, 7) is 6.48. The monoisotopic (exact) mass is 579 g/mol. The fourth-order valence-corrected chi connectivity index (χ4v) is 8.11. The fraction of sp³-hybridized carbons (Fsp3) is 0.407. The average Bonchev–Trinajstić information content (AvgIpc) is 3.30. The number of nitrogens with zero attached hydrogens (tertiary/aromatic N) is 2. The molecule has 1 N–H and O–H groups in total. The molecule has 10 heteroatoms. The first kappa shape index (κ1) is 26.5. The summed E-state index contributed by atoms with van der Waals surface area (Å²) in [6.07, 6.45) is 4.76. The molecule has 2 aromatic rings. The van der Waals surface area contributed by atoms with Crippen molar-refractivity contribution in [2.24, 2.45) is 21.1 Å². The molecule has 2 fully saturated rings. The first-order valence-corrected chi connectivity index (χ1v) is 14.7. The van der Waals surface area contributed by atoms with Crippen LogP contribution >= 0.6 is 34.8 Å². The Kier molecular flexibility index (Phi) is 6.67. The molecule has 5 rings (SSSR count). The summed E-state index contributed by atoms with van der Waals surface area (Å²) >= 11 is 18.5. The van der Waals surface area contributed by atoms with Crippen LogP contribution in [0.25, 0.3) is 5.70 Å². The molecule has 2 bridgehead atoms.